The van der Waals surface area contributed by atoms with Gasteiger partial charge in [0.05, 0.1) is 92.6 Å². The zero-order valence-electron chi connectivity index (χ0n) is 52.9. The van der Waals surface area contributed by atoms with E-state index in [4.69, 9.17) is 58.6 Å². The van der Waals surface area contributed by atoms with Gasteiger partial charge in [0.25, 0.3) is 0 Å². The van der Waals surface area contributed by atoms with Gasteiger partial charge in [-0.1, -0.05) is 51.2 Å². The zero-order chi connectivity index (χ0) is 64.9. The molecule has 1 aromatic carbocycles. The number of nitrogens with one attached hydrogen (secondary N) is 5. The average Bonchev–Trinajstić information content (AvgIpc) is 1.63. The quantitative estimate of drug-likeness (QED) is 0.0232. The number of alkyl carbamates (subject to hydrolysis) is 1. The Morgan fingerprint density at radius 2 is 1.62 bits per heavy atom. The minimum Gasteiger partial charge on any atom is -0.445 e. The highest BCUT2D eigenvalue weighted by Gasteiger charge is 2.60. The number of hydrogen-bond acceptors (Lipinski definition) is 19. The Kier molecular flexibility index (Phi) is 24.7. The normalized spacial score (nSPS) is 34.0. The Labute approximate surface area is 531 Å². The van der Waals surface area contributed by atoms with E-state index in [9.17, 15) is 39.0 Å². The predicted molar refractivity (Wildman–Crippen MR) is 327 cm³/mol. The molecule has 0 aliphatic carbocycles. The number of carbonyl (C=O) groups is 6. The summed E-state index contributed by atoms with van der Waals surface area (Å²) in [6, 6.07) is 3.65. The number of urea groups is 1. The zero-order valence-corrected chi connectivity index (χ0v) is 52.9. The lowest BCUT2D eigenvalue weighted by Crippen LogP contribution is -2.58. The molecule has 8 fully saturated rings. The van der Waals surface area contributed by atoms with Crippen molar-refractivity contribution in [2.45, 2.75) is 246 Å². The summed E-state index contributed by atoms with van der Waals surface area (Å²) in [6.07, 6.45) is -0.0508. The number of aliphatic hydroxyl groups is 2. The van der Waals surface area contributed by atoms with E-state index in [0.29, 0.717) is 56.2 Å². The van der Waals surface area contributed by atoms with Gasteiger partial charge in [-0.15, -0.1) is 0 Å². The molecule has 504 valence electrons. The molecule has 9 N–H and O–H groups in total. The van der Waals surface area contributed by atoms with Gasteiger partial charge in [0.1, 0.15) is 36.7 Å². The Hall–Kier alpha value is -5.81. The number of fused-ring (bicyclic) bond motifs is 9. The summed E-state index contributed by atoms with van der Waals surface area (Å²) in [5.74, 6) is -3.30. The van der Waals surface area contributed by atoms with Crippen molar-refractivity contribution >= 4 is 41.3 Å². The number of primary amides is 1. The number of Topliss-reactive ketones (excluding diaryl/α,β-unsaturated/α-hetero) is 1. The van der Waals surface area contributed by atoms with Crippen LogP contribution in [0.3, 0.4) is 0 Å². The molecule has 91 heavy (non-hydrogen) atoms. The van der Waals surface area contributed by atoms with Gasteiger partial charge in [-0.05, 0) is 104 Å². The first kappa shape index (κ1) is 69.5. The second-order valence-electron chi connectivity index (χ2n) is 26.2. The highest BCUT2D eigenvalue weighted by Crippen LogP contribution is 2.49. The summed E-state index contributed by atoms with van der Waals surface area (Å²) in [7, 11) is 1.57. The average molecular weight is 1280 g/mol. The topological polar surface area (TPSA) is 370 Å². The lowest BCUT2D eigenvalue weighted by atomic mass is 9.81. The van der Waals surface area contributed by atoms with Crippen LogP contribution in [0.4, 0.5) is 15.3 Å². The molecule has 10 bridgehead atoms. The molecule has 0 saturated carbocycles. The van der Waals surface area contributed by atoms with Gasteiger partial charge in [0, 0.05) is 94.6 Å². The monoisotopic (exact) mass is 1280 g/mol. The van der Waals surface area contributed by atoms with Crippen molar-refractivity contribution < 1.29 is 86.3 Å². The summed E-state index contributed by atoms with van der Waals surface area (Å²) in [4.78, 5) is 81.6. The second-order valence-corrected chi connectivity index (χ2v) is 26.2. The Bertz CT molecular complexity index is 2760. The molecule has 1 spiro atoms. The Morgan fingerprint density at radius 1 is 0.846 bits per heavy atom. The van der Waals surface area contributed by atoms with Gasteiger partial charge < -0.3 is 89.9 Å². The smallest absolute Gasteiger partial charge is 0.407 e. The number of aliphatic hydroxyl groups excluding tert-OH is 2. The molecule has 0 aromatic heterocycles. The van der Waals surface area contributed by atoms with Crippen LogP contribution in [0.5, 0.6) is 0 Å². The second kappa shape index (κ2) is 32.4. The van der Waals surface area contributed by atoms with Crippen LogP contribution in [0, 0.1) is 17.8 Å². The van der Waals surface area contributed by atoms with Crippen LogP contribution in [-0.2, 0) is 73.2 Å². The van der Waals surface area contributed by atoms with Crippen LogP contribution >= 0.6 is 0 Å². The molecule has 27 nitrogen and oxygen atoms in total. The third-order valence-corrected chi connectivity index (χ3v) is 19.1. The van der Waals surface area contributed by atoms with E-state index in [2.05, 4.69) is 56.7 Å². The molecule has 6 amide bonds. The number of nitrogens with two attached hydrogens (primary N) is 1. The van der Waals surface area contributed by atoms with E-state index >= 15 is 0 Å². The molecule has 8 heterocycles. The fourth-order valence-corrected chi connectivity index (χ4v) is 14.4. The molecule has 8 aliphatic heterocycles. The lowest BCUT2D eigenvalue weighted by Gasteiger charge is -2.47. The first-order chi connectivity index (χ1) is 43.7. The van der Waals surface area contributed by atoms with Gasteiger partial charge >= 0.3 is 12.1 Å². The standard InChI is InChI=1S/C64H95N9O18/c1-34(2)56(72-55(77)18-22-83-23-21-69-73-66)61(79)71-46(8-7-20-67-62(65)80)60(78)70-39-11-9-38(10-12-39)33-84-63(81)68-32-41(75)28-52-57(82-6)45-27-40(74)26-43-14-16-49-59(87-43)54-30-53(88-49)58-47(76)31-64(90-54,91-58)19-17-44-25-36(4)48(85-44)15-13-42-24-35(3)37(5)50(86-42)29-51(45)89-52/h9-12,34-35,41-54,56-59,75-76H,4-5,7-8,13-33H2,1-3,6H3,(H,68,81)(H,70,78)(H,71,79)(H,72,77)(H3,65,67,80)/t35-,41?,42+,43?,44?,45?,46?,47-,48+,49+,50?,51+,52-,53-,54?,56+,57-,58?,59+,64-/m1/s1. The van der Waals surface area contributed by atoms with Gasteiger partial charge in [0.2, 0.25) is 17.7 Å². The summed E-state index contributed by atoms with van der Waals surface area (Å²) < 4.78 is 64.4. The highest BCUT2D eigenvalue weighted by molar-refractivity contribution is 5.98. The lowest BCUT2D eigenvalue weighted by molar-refractivity contribution is -0.277. The van der Waals surface area contributed by atoms with Gasteiger partial charge in [-0.3, -0.25) is 19.2 Å². The number of ether oxygens (including phenoxy) is 10. The van der Waals surface area contributed by atoms with Crippen molar-refractivity contribution in [3.8, 4) is 0 Å². The van der Waals surface area contributed by atoms with Gasteiger partial charge in [0.15, 0.2) is 5.79 Å². The van der Waals surface area contributed by atoms with Crippen molar-refractivity contribution in [3.63, 3.8) is 0 Å². The van der Waals surface area contributed by atoms with E-state index in [1.807, 2.05) is 0 Å². The third kappa shape index (κ3) is 18.7. The van der Waals surface area contributed by atoms with Gasteiger partial charge in [-0.25, -0.2) is 9.59 Å². The van der Waals surface area contributed by atoms with E-state index in [1.165, 1.54) is 0 Å². The number of anilines is 1. The predicted octanol–water partition coefficient (Wildman–Crippen LogP) is 5.12. The van der Waals surface area contributed by atoms with E-state index in [0.717, 1.165) is 36.8 Å². The van der Waals surface area contributed by atoms with E-state index in [1.54, 1.807) is 45.2 Å². The van der Waals surface area contributed by atoms with Crippen molar-refractivity contribution in [1.82, 2.24) is 21.3 Å². The maximum absolute atomic E-state index is 14.5. The first-order valence-corrected chi connectivity index (χ1v) is 32.6. The minimum absolute atomic E-state index is 0.0145. The molecule has 1 aromatic rings. The maximum atomic E-state index is 14.5. The number of carbonyl (C=O) groups excluding carboxylic acids is 6. The Balaban J connectivity index is 0.791. The van der Waals surface area contributed by atoms with Crippen LogP contribution in [0.2, 0.25) is 0 Å². The van der Waals surface area contributed by atoms with Crippen LogP contribution in [0.1, 0.15) is 135 Å². The van der Waals surface area contributed by atoms with Crippen LogP contribution in [0.15, 0.2) is 53.7 Å². The minimum atomic E-state index is -1.10. The maximum Gasteiger partial charge on any atom is 0.407 e. The summed E-state index contributed by atoms with van der Waals surface area (Å²) in [6.45, 7) is 14.6. The number of hydrogen-bond donors (Lipinski definition) is 8. The summed E-state index contributed by atoms with van der Waals surface area (Å²) >= 11 is 0. The number of nitrogens with zero attached hydrogens (tertiary/aromatic N) is 3. The van der Waals surface area contributed by atoms with E-state index < -0.39 is 96.4 Å². The largest absolute Gasteiger partial charge is 0.445 e. The molecule has 20 atom stereocenters. The number of azide groups is 1. The van der Waals surface area contributed by atoms with Crippen molar-refractivity contribution in [3.05, 3.63) is 64.6 Å². The molecule has 8 aliphatic rings. The fraction of sp³-hybridized carbons (Fsp3) is 0.750. The summed E-state index contributed by atoms with van der Waals surface area (Å²) in [5.41, 5.74) is 16.6. The Morgan fingerprint density at radius 3 is 2.37 bits per heavy atom. The van der Waals surface area contributed by atoms with Crippen LogP contribution in [0.25, 0.3) is 10.4 Å². The molecular formula is C64H95N9O18. The van der Waals surface area contributed by atoms with Crippen LogP contribution in [-0.4, -0.2) is 195 Å². The van der Waals surface area contributed by atoms with Crippen molar-refractivity contribution in [2.24, 2.45) is 28.6 Å². The SMILES string of the molecule is C=C1C2C[C@@H]3O[C@H](CC(O)CNC(=O)OCc4ccc(NC(=O)C(CCCNC(N)=O)NC(=O)[C@@H](NC(=O)CCOCCN=[N+]=[N-])C(C)C)cc4)[C@H](OC)C3CC(=O)CC3CC[C@@H]4O[C@@H]5CC(O[C@@]6(CCC7CC(=C)[C@H](CC[C@@H](C[C@H]1C)O2)O7)C[C@@H](O)C5O6)[C@H]4O3. The molecule has 9 rings (SSSR count). The van der Waals surface area contributed by atoms with Crippen LogP contribution < -0.4 is 32.3 Å². The number of rotatable bonds is 23. The number of ketones is 1. The summed E-state index contributed by atoms with van der Waals surface area (Å²) in [5, 5.41) is 39.5. The highest BCUT2D eigenvalue weighted by atomic mass is 16.7. The third-order valence-electron chi connectivity index (χ3n) is 19.1. The molecule has 27 heteroatoms. The van der Waals surface area contributed by atoms with Gasteiger partial charge in [-0.2, -0.15) is 0 Å². The molecule has 0 radical (unpaired) electrons. The van der Waals surface area contributed by atoms with E-state index in [-0.39, 0.29) is 144 Å². The van der Waals surface area contributed by atoms with Crippen molar-refractivity contribution in [2.75, 3.05) is 45.3 Å². The number of methoxy groups -OCH3 is 1. The van der Waals surface area contributed by atoms with Crippen molar-refractivity contribution in [1.29, 1.82) is 0 Å². The fourth-order valence-electron chi connectivity index (χ4n) is 14.4. The first-order valence-electron chi connectivity index (χ1n) is 32.6. The molecular weight excluding hydrogens is 1180 g/mol. The number of benzene rings is 1. The number of amides is 6. The molecule has 8 unspecified atom stereocenters. The molecule has 8 saturated heterocycles.